The first kappa shape index (κ1) is 9.53. The average Bonchev–Trinajstić information content (AvgIpc) is 2.71. The van der Waals surface area contributed by atoms with Crippen LogP contribution in [0.5, 0.6) is 0 Å². The summed E-state index contributed by atoms with van der Waals surface area (Å²) in [5, 5.41) is 3.52. The van der Waals surface area contributed by atoms with Gasteiger partial charge >= 0.3 is 0 Å². The molecule has 1 atom stereocenters. The van der Waals surface area contributed by atoms with Crippen LogP contribution in [0.15, 0.2) is 24.3 Å². The Morgan fingerprint density at radius 1 is 1.36 bits per heavy atom. The molecule has 2 heteroatoms. The number of nitrogens with one attached hydrogen (secondary N) is 1. The number of anilines is 1. The van der Waals surface area contributed by atoms with Crippen LogP contribution < -0.4 is 10.2 Å². The van der Waals surface area contributed by atoms with Gasteiger partial charge in [-0.25, -0.2) is 0 Å². The Hall–Kier alpha value is -1.02. The molecule has 0 amide bonds. The number of rotatable bonds is 2. The Balaban J connectivity index is 2.21. The largest absolute Gasteiger partial charge is 0.378 e. The predicted octanol–water partition coefficient (Wildman–Crippen LogP) is 2.18. The summed E-state index contributed by atoms with van der Waals surface area (Å²) in [5.74, 6) is 0. The van der Waals surface area contributed by atoms with Crippen molar-refractivity contribution in [3.8, 4) is 0 Å². The van der Waals surface area contributed by atoms with Crippen molar-refractivity contribution >= 4 is 5.69 Å². The lowest BCUT2D eigenvalue weighted by Gasteiger charge is -2.16. The van der Waals surface area contributed by atoms with Gasteiger partial charge in [0.1, 0.15) is 0 Å². The van der Waals surface area contributed by atoms with Gasteiger partial charge in [0, 0.05) is 25.8 Å². The normalized spacial score (nSPS) is 21.1. The van der Waals surface area contributed by atoms with E-state index in [0.717, 1.165) is 6.54 Å². The molecule has 2 rings (SSSR count). The molecule has 0 bridgehead atoms. The third kappa shape index (κ3) is 1.90. The summed E-state index contributed by atoms with van der Waals surface area (Å²) in [6, 6.07) is 9.37. The zero-order chi connectivity index (χ0) is 9.97. The molecule has 0 aliphatic carbocycles. The van der Waals surface area contributed by atoms with Crippen molar-refractivity contribution < 1.29 is 0 Å². The highest BCUT2D eigenvalue weighted by molar-refractivity contribution is 5.47. The maximum atomic E-state index is 3.52. The standard InChI is InChI=1S/C12H18N2/c1-14(2)11-6-3-5-10(9-11)12-7-4-8-13-12/h3,5-6,9,12-13H,4,7-8H2,1-2H3/t12-/m0/s1. The first-order valence-corrected chi connectivity index (χ1v) is 5.28. The van der Waals surface area contributed by atoms with E-state index >= 15 is 0 Å². The van der Waals surface area contributed by atoms with E-state index in [9.17, 15) is 0 Å². The molecule has 0 saturated carbocycles. The van der Waals surface area contributed by atoms with Gasteiger partial charge in [-0.2, -0.15) is 0 Å². The monoisotopic (exact) mass is 190 g/mol. The van der Waals surface area contributed by atoms with Crippen molar-refractivity contribution in [2.24, 2.45) is 0 Å². The molecule has 1 aromatic rings. The summed E-state index contributed by atoms with van der Waals surface area (Å²) >= 11 is 0. The average molecular weight is 190 g/mol. The van der Waals surface area contributed by atoms with E-state index in [1.165, 1.54) is 24.1 Å². The van der Waals surface area contributed by atoms with E-state index in [1.54, 1.807) is 0 Å². The molecule has 1 aliphatic rings. The zero-order valence-electron chi connectivity index (χ0n) is 8.96. The Morgan fingerprint density at radius 3 is 2.86 bits per heavy atom. The Morgan fingerprint density at radius 2 is 2.21 bits per heavy atom. The van der Waals surface area contributed by atoms with Crippen molar-refractivity contribution in [3.05, 3.63) is 29.8 Å². The van der Waals surface area contributed by atoms with Crippen LogP contribution in [0.2, 0.25) is 0 Å². The number of benzene rings is 1. The lowest BCUT2D eigenvalue weighted by molar-refractivity contribution is 0.648. The summed E-state index contributed by atoms with van der Waals surface area (Å²) < 4.78 is 0. The van der Waals surface area contributed by atoms with Crippen molar-refractivity contribution in [2.75, 3.05) is 25.5 Å². The van der Waals surface area contributed by atoms with Gasteiger partial charge in [-0.15, -0.1) is 0 Å². The maximum Gasteiger partial charge on any atom is 0.0364 e. The summed E-state index contributed by atoms with van der Waals surface area (Å²) in [5.41, 5.74) is 2.71. The van der Waals surface area contributed by atoms with Gasteiger partial charge in [-0.05, 0) is 37.1 Å². The minimum Gasteiger partial charge on any atom is -0.378 e. The number of hydrogen-bond acceptors (Lipinski definition) is 2. The minimum absolute atomic E-state index is 0.579. The van der Waals surface area contributed by atoms with Gasteiger partial charge in [0.25, 0.3) is 0 Å². The Bertz CT molecular complexity index is 301. The molecule has 0 radical (unpaired) electrons. The van der Waals surface area contributed by atoms with E-state index in [4.69, 9.17) is 0 Å². The zero-order valence-corrected chi connectivity index (χ0v) is 8.96. The third-order valence-electron chi connectivity index (χ3n) is 2.85. The second kappa shape index (κ2) is 4.01. The van der Waals surface area contributed by atoms with Crippen LogP contribution >= 0.6 is 0 Å². The molecule has 1 saturated heterocycles. The maximum absolute atomic E-state index is 3.52. The van der Waals surface area contributed by atoms with Crippen LogP contribution in [0.4, 0.5) is 5.69 Å². The molecule has 1 aliphatic heterocycles. The van der Waals surface area contributed by atoms with E-state index in [2.05, 4.69) is 48.6 Å². The summed E-state index contributed by atoms with van der Waals surface area (Å²) in [4.78, 5) is 2.15. The van der Waals surface area contributed by atoms with E-state index in [0.29, 0.717) is 6.04 Å². The lowest BCUT2D eigenvalue weighted by Crippen LogP contribution is -2.14. The van der Waals surface area contributed by atoms with E-state index < -0.39 is 0 Å². The molecule has 1 heterocycles. The first-order chi connectivity index (χ1) is 6.77. The quantitative estimate of drug-likeness (QED) is 0.769. The van der Waals surface area contributed by atoms with Crippen molar-refractivity contribution in [1.29, 1.82) is 0 Å². The van der Waals surface area contributed by atoms with Crippen LogP contribution in [0.3, 0.4) is 0 Å². The molecule has 0 spiro atoms. The molecule has 1 aromatic carbocycles. The number of hydrogen-bond donors (Lipinski definition) is 1. The molecule has 2 nitrogen and oxygen atoms in total. The molecule has 1 N–H and O–H groups in total. The molecule has 0 unspecified atom stereocenters. The van der Waals surface area contributed by atoms with Crippen molar-refractivity contribution in [1.82, 2.24) is 5.32 Å². The van der Waals surface area contributed by atoms with Gasteiger partial charge in [0.2, 0.25) is 0 Å². The Labute approximate surface area is 85.9 Å². The molecule has 1 fully saturated rings. The predicted molar refractivity (Wildman–Crippen MR) is 60.7 cm³/mol. The molecular formula is C12H18N2. The van der Waals surface area contributed by atoms with Crippen LogP contribution in [0, 0.1) is 0 Å². The van der Waals surface area contributed by atoms with Crippen LogP contribution in [0.1, 0.15) is 24.4 Å². The highest BCUT2D eigenvalue weighted by Gasteiger charge is 2.15. The molecule has 14 heavy (non-hydrogen) atoms. The second-order valence-electron chi connectivity index (χ2n) is 4.14. The van der Waals surface area contributed by atoms with Crippen molar-refractivity contribution in [2.45, 2.75) is 18.9 Å². The van der Waals surface area contributed by atoms with Crippen LogP contribution in [-0.4, -0.2) is 20.6 Å². The highest BCUT2D eigenvalue weighted by atomic mass is 15.1. The summed E-state index contributed by atoms with van der Waals surface area (Å²) in [6.45, 7) is 1.16. The van der Waals surface area contributed by atoms with Crippen LogP contribution in [0.25, 0.3) is 0 Å². The van der Waals surface area contributed by atoms with Gasteiger partial charge in [-0.1, -0.05) is 12.1 Å². The molecule has 76 valence electrons. The van der Waals surface area contributed by atoms with Crippen molar-refractivity contribution in [3.63, 3.8) is 0 Å². The van der Waals surface area contributed by atoms with Gasteiger partial charge in [-0.3, -0.25) is 0 Å². The molecular weight excluding hydrogens is 172 g/mol. The summed E-state index contributed by atoms with van der Waals surface area (Å²) in [7, 11) is 4.17. The lowest BCUT2D eigenvalue weighted by atomic mass is 10.0. The van der Waals surface area contributed by atoms with Gasteiger partial charge < -0.3 is 10.2 Å². The smallest absolute Gasteiger partial charge is 0.0364 e. The minimum atomic E-state index is 0.579. The number of nitrogens with zero attached hydrogens (tertiary/aromatic N) is 1. The first-order valence-electron chi connectivity index (χ1n) is 5.28. The fraction of sp³-hybridized carbons (Fsp3) is 0.500. The topological polar surface area (TPSA) is 15.3 Å². The molecule has 0 aromatic heterocycles. The Kier molecular flexibility index (Phi) is 2.73. The van der Waals surface area contributed by atoms with Gasteiger partial charge in [0.05, 0.1) is 0 Å². The fourth-order valence-electron chi connectivity index (χ4n) is 1.99. The third-order valence-corrected chi connectivity index (χ3v) is 2.85. The second-order valence-corrected chi connectivity index (χ2v) is 4.14. The highest BCUT2D eigenvalue weighted by Crippen LogP contribution is 2.25. The SMILES string of the molecule is CN(C)c1cccc([C@@H]2CCCN2)c1. The van der Waals surface area contributed by atoms with E-state index in [1.807, 2.05) is 0 Å². The van der Waals surface area contributed by atoms with E-state index in [-0.39, 0.29) is 0 Å². The van der Waals surface area contributed by atoms with Gasteiger partial charge in [0.15, 0.2) is 0 Å². The van der Waals surface area contributed by atoms with Crippen LogP contribution in [-0.2, 0) is 0 Å². The fourth-order valence-corrected chi connectivity index (χ4v) is 1.99. The summed E-state index contributed by atoms with van der Waals surface area (Å²) in [6.07, 6.45) is 2.58.